The number of hydrogen-bond acceptors (Lipinski definition) is 5. The summed E-state index contributed by atoms with van der Waals surface area (Å²) < 4.78 is 4.57. The molecule has 12 heavy (non-hydrogen) atoms. The van der Waals surface area contributed by atoms with E-state index in [9.17, 15) is 5.11 Å². The zero-order valence-electron chi connectivity index (χ0n) is 7.05. The van der Waals surface area contributed by atoms with Crippen LogP contribution in [-0.2, 0) is 4.74 Å². The third kappa shape index (κ3) is 3.46. The smallest absolute Gasteiger partial charge is 0.144 e. The molecule has 5 heteroatoms. The Morgan fingerprint density at radius 1 is 1.25 bits per heavy atom. The van der Waals surface area contributed by atoms with Gasteiger partial charge in [-0.05, 0) is 6.42 Å². The SMILES string of the molecule is CCC(O)[C@@H](O)C(CO)OCO. The quantitative estimate of drug-likeness (QED) is 0.371. The first-order valence-electron chi connectivity index (χ1n) is 3.86. The van der Waals surface area contributed by atoms with Gasteiger partial charge in [-0.1, -0.05) is 6.92 Å². The highest BCUT2D eigenvalue weighted by Crippen LogP contribution is 2.06. The van der Waals surface area contributed by atoms with Crippen LogP contribution in [0.5, 0.6) is 0 Å². The molecule has 2 unspecified atom stereocenters. The molecule has 0 rings (SSSR count). The van der Waals surface area contributed by atoms with Crippen molar-refractivity contribution < 1.29 is 25.2 Å². The largest absolute Gasteiger partial charge is 0.394 e. The lowest BCUT2D eigenvalue weighted by atomic mass is 10.1. The minimum atomic E-state index is -1.16. The Kier molecular flexibility index (Phi) is 6.23. The van der Waals surface area contributed by atoms with Gasteiger partial charge in [0.1, 0.15) is 19.0 Å². The van der Waals surface area contributed by atoms with Gasteiger partial charge in [-0.15, -0.1) is 0 Å². The van der Waals surface area contributed by atoms with Crippen LogP contribution in [0.25, 0.3) is 0 Å². The van der Waals surface area contributed by atoms with Crippen molar-refractivity contribution in [2.75, 3.05) is 13.4 Å². The molecule has 0 amide bonds. The van der Waals surface area contributed by atoms with Crippen LogP contribution in [0.1, 0.15) is 13.3 Å². The van der Waals surface area contributed by atoms with E-state index in [1.54, 1.807) is 6.92 Å². The fraction of sp³-hybridized carbons (Fsp3) is 1.00. The Hall–Kier alpha value is -0.200. The highest BCUT2D eigenvalue weighted by molar-refractivity contribution is 4.74. The Labute approximate surface area is 71.2 Å². The molecule has 4 N–H and O–H groups in total. The van der Waals surface area contributed by atoms with E-state index in [4.69, 9.17) is 15.3 Å². The molecule has 3 atom stereocenters. The van der Waals surface area contributed by atoms with E-state index in [1.807, 2.05) is 0 Å². The maximum atomic E-state index is 9.26. The van der Waals surface area contributed by atoms with Gasteiger partial charge in [0.2, 0.25) is 0 Å². The molecule has 0 aliphatic carbocycles. The van der Waals surface area contributed by atoms with Gasteiger partial charge in [0.25, 0.3) is 0 Å². The van der Waals surface area contributed by atoms with Crippen LogP contribution < -0.4 is 0 Å². The molecule has 0 fully saturated rings. The number of aliphatic hydroxyl groups excluding tert-OH is 4. The van der Waals surface area contributed by atoms with Crippen molar-refractivity contribution in [2.45, 2.75) is 31.7 Å². The highest BCUT2D eigenvalue weighted by Gasteiger charge is 2.24. The van der Waals surface area contributed by atoms with Gasteiger partial charge < -0.3 is 25.2 Å². The Morgan fingerprint density at radius 3 is 2.17 bits per heavy atom. The van der Waals surface area contributed by atoms with Gasteiger partial charge >= 0.3 is 0 Å². The Morgan fingerprint density at radius 2 is 1.83 bits per heavy atom. The van der Waals surface area contributed by atoms with E-state index in [2.05, 4.69) is 4.74 Å². The average molecular weight is 180 g/mol. The fourth-order valence-electron chi connectivity index (χ4n) is 0.844. The van der Waals surface area contributed by atoms with Crippen LogP contribution in [-0.4, -0.2) is 52.1 Å². The number of rotatable bonds is 6. The molecule has 0 saturated heterocycles. The van der Waals surface area contributed by atoms with Crippen LogP contribution in [0.3, 0.4) is 0 Å². The number of aliphatic hydroxyl groups is 4. The lowest BCUT2D eigenvalue weighted by molar-refractivity contribution is -0.142. The second-order valence-electron chi connectivity index (χ2n) is 2.48. The van der Waals surface area contributed by atoms with Crippen LogP contribution in [0.15, 0.2) is 0 Å². The molecule has 0 aromatic rings. The first-order valence-corrected chi connectivity index (χ1v) is 3.86. The minimum absolute atomic E-state index is 0.368. The van der Waals surface area contributed by atoms with Crippen molar-refractivity contribution in [3.05, 3.63) is 0 Å². The van der Waals surface area contributed by atoms with E-state index in [-0.39, 0.29) is 0 Å². The first kappa shape index (κ1) is 11.8. The van der Waals surface area contributed by atoms with E-state index < -0.39 is 31.7 Å². The second-order valence-corrected chi connectivity index (χ2v) is 2.48. The van der Waals surface area contributed by atoms with Crippen molar-refractivity contribution in [3.8, 4) is 0 Å². The summed E-state index contributed by atoms with van der Waals surface area (Å²) in [6.07, 6.45) is -2.65. The molecule has 0 aliphatic heterocycles. The summed E-state index contributed by atoms with van der Waals surface area (Å²) in [6.45, 7) is 0.679. The van der Waals surface area contributed by atoms with Crippen molar-refractivity contribution in [2.24, 2.45) is 0 Å². The summed E-state index contributed by atoms with van der Waals surface area (Å²) in [6, 6.07) is 0. The fourth-order valence-corrected chi connectivity index (χ4v) is 0.844. The van der Waals surface area contributed by atoms with Gasteiger partial charge in [0, 0.05) is 0 Å². The van der Waals surface area contributed by atoms with Gasteiger partial charge in [-0.25, -0.2) is 0 Å². The van der Waals surface area contributed by atoms with E-state index in [0.717, 1.165) is 0 Å². The van der Waals surface area contributed by atoms with Gasteiger partial charge in [0.05, 0.1) is 12.7 Å². The first-order chi connectivity index (χ1) is 5.67. The van der Waals surface area contributed by atoms with Crippen molar-refractivity contribution >= 4 is 0 Å². The van der Waals surface area contributed by atoms with Crippen LogP contribution in [0.4, 0.5) is 0 Å². The predicted molar refractivity (Wildman–Crippen MR) is 41.3 cm³/mol. The summed E-state index contributed by atoms with van der Waals surface area (Å²) >= 11 is 0. The molecule has 0 spiro atoms. The maximum absolute atomic E-state index is 9.26. The zero-order chi connectivity index (χ0) is 9.56. The monoisotopic (exact) mass is 180 g/mol. The lowest BCUT2D eigenvalue weighted by Gasteiger charge is -2.23. The predicted octanol–water partition coefficient (Wildman–Crippen LogP) is -1.55. The minimum Gasteiger partial charge on any atom is -0.394 e. The van der Waals surface area contributed by atoms with E-state index >= 15 is 0 Å². The molecule has 0 saturated carbocycles. The van der Waals surface area contributed by atoms with Crippen molar-refractivity contribution in [1.29, 1.82) is 0 Å². The zero-order valence-corrected chi connectivity index (χ0v) is 7.05. The summed E-state index contributed by atoms with van der Waals surface area (Å²) in [5.41, 5.74) is 0. The third-order valence-corrected chi connectivity index (χ3v) is 1.66. The van der Waals surface area contributed by atoms with E-state index in [1.165, 1.54) is 0 Å². The van der Waals surface area contributed by atoms with Gasteiger partial charge in [0.15, 0.2) is 0 Å². The van der Waals surface area contributed by atoms with Gasteiger partial charge in [-0.3, -0.25) is 0 Å². The summed E-state index contributed by atoms with van der Waals surface area (Å²) in [5.74, 6) is 0. The molecule has 74 valence electrons. The third-order valence-electron chi connectivity index (χ3n) is 1.66. The number of ether oxygens (including phenoxy) is 1. The van der Waals surface area contributed by atoms with Crippen LogP contribution in [0, 0.1) is 0 Å². The van der Waals surface area contributed by atoms with E-state index in [0.29, 0.717) is 6.42 Å². The lowest BCUT2D eigenvalue weighted by Crippen LogP contribution is -2.41. The molecule has 0 heterocycles. The summed E-state index contributed by atoms with van der Waals surface area (Å²) in [7, 11) is 0. The normalized spacial score (nSPS) is 18.8. The molecule has 0 radical (unpaired) electrons. The number of hydrogen-bond donors (Lipinski definition) is 4. The second kappa shape index (κ2) is 6.33. The molecule has 0 aliphatic rings. The average Bonchev–Trinajstić information content (AvgIpc) is 2.11. The molecule has 0 bridgehead atoms. The maximum Gasteiger partial charge on any atom is 0.144 e. The van der Waals surface area contributed by atoms with Crippen molar-refractivity contribution in [3.63, 3.8) is 0 Å². The highest BCUT2D eigenvalue weighted by atomic mass is 16.6. The molecular formula is C7H16O5. The standard InChI is InChI=1S/C7H16O5/c1-2-5(10)7(11)6(3-8)12-4-9/h5-11H,2-4H2,1H3/t5?,6?,7-/m1/s1. The van der Waals surface area contributed by atoms with Crippen molar-refractivity contribution in [1.82, 2.24) is 0 Å². The summed E-state index contributed by atoms with van der Waals surface area (Å²) in [5, 5.41) is 35.4. The topological polar surface area (TPSA) is 90.2 Å². The molecular weight excluding hydrogens is 164 g/mol. The van der Waals surface area contributed by atoms with Gasteiger partial charge in [-0.2, -0.15) is 0 Å². The van der Waals surface area contributed by atoms with Crippen LogP contribution >= 0.6 is 0 Å². The Balaban J connectivity index is 3.91. The Bertz CT molecular complexity index is 108. The molecule has 0 aromatic heterocycles. The molecule has 0 aromatic carbocycles. The summed E-state index contributed by atoms with van der Waals surface area (Å²) in [4.78, 5) is 0. The van der Waals surface area contributed by atoms with Crippen LogP contribution in [0.2, 0.25) is 0 Å². The molecule has 5 nitrogen and oxygen atoms in total.